The maximum Gasteiger partial charge on any atom is 0.374 e. The van der Waals surface area contributed by atoms with Crippen molar-refractivity contribution in [3.8, 4) is 0 Å². The summed E-state index contributed by atoms with van der Waals surface area (Å²) in [4.78, 5) is 49.5. The van der Waals surface area contributed by atoms with E-state index in [1.54, 1.807) is 18.2 Å². The number of hydrogen-bond acceptors (Lipinski definition) is 6. The molecule has 1 aliphatic rings. The molecule has 0 spiro atoms. The molecule has 1 saturated heterocycles. The van der Waals surface area contributed by atoms with Gasteiger partial charge in [-0.05, 0) is 38.3 Å². The number of carbonyl (C=O) groups is 3. The fourth-order valence-corrected chi connectivity index (χ4v) is 3.18. The Kier molecular flexibility index (Phi) is 5.25. The van der Waals surface area contributed by atoms with Gasteiger partial charge in [0.05, 0.1) is 5.39 Å². The molecular formula is C19H20N2O6. The third-order valence-electron chi connectivity index (χ3n) is 4.56. The van der Waals surface area contributed by atoms with Crippen LogP contribution < -0.4 is 11.2 Å². The van der Waals surface area contributed by atoms with E-state index < -0.39 is 30.4 Å². The van der Waals surface area contributed by atoms with Crippen molar-refractivity contribution in [2.75, 3.05) is 13.2 Å². The largest absolute Gasteiger partial charge is 0.450 e. The minimum absolute atomic E-state index is 0.260. The average molecular weight is 372 g/mol. The lowest BCUT2D eigenvalue weighted by Crippen LogP contribution is -2.51. The number of esters is 1. The van der Waals surface area contributed by atoms with Gasteiger partial charge in [0, 0.05) is 12.6 Å². The minimum Gasteiger partial charge on any atom is -0.450 e. The highest BCUT2D eigenvalue weighted by Crippen LogP contribution is 2.18. The van der Waals surface area contributed by atoms with Crippen molar-refractivity contribution >= 4 is 28.8 Å². The third-order valence-corrected chi connectivity index (χ3v) is 4.56. The first-order chi connectivity index (χ1) is 12.9. The highest BCUT2D eigenvalue weighted by molar-refractivity contribution is 5.92. The van der Waals surface area contributed by atoms with Gasteiger partial charge in [-0.2, -0.15) is 0 Å². The second kappa shape index (κ2) is 7.61. The van der Waals surface area contributed by atoms with E-state index in [9.17, 15) is 19.2 Å². The second-order valence-corrected chi connectivity index (χ2v) is 6.55. The molecule has 1 fully saturated rings. The summed E-state index contributed by atoms with van der Waals surface area (Å²) >= 11 is 0. The molecule has 3 rings (SSSR count). The Morgan fingerprint density at radius 1 is 1.26 bits per heavy atom. The summed E-state index contributed by atoms with van der Waals surface area (Å²) in [5.74, 6) is -2.29. The monoisotopic (exact) mass is 372 g/mol. The van der Waals surface area contributed by atoms with Crippen LogP contribution in [0.1, 0.15) is 35.4 Å². The molecule has 1 aromatic carbocycles. The van der Waals surface area contributed by atoms with Crippen molar-refractivity contribution in [1.82, 2.24) is 4.90 Å². The number of primary amides is 1. The van der Waals surface area contributed by atoms with Crippen LogP contribution in [-0.2, 0) is 14.3 Å². The summed E-state index contributed by atoms with van der Waals surface area (Å²) in [6, 6.07) is 5.37. The Hall–Kier alpha value is -3.16. The normalized spacial score (nSPS) is 16.9. The maximum atomic E-state index is 12.3. The van der Waals surface area contributed by atoms with Gasteiger partial charge in [0.1, 0.15) is 11.6 Å². The van der Waals surface area contributed by atoms with Gasteiger partial charge >= 0.3 is 5.97 Å². The smallest absolute Gasteiger partial charge is 0.374 e. The minimum atomic E-state index is -0.921. The predicted octanol–water partition coefficient (Wildman–Crippen LogP) is 1.12. The van der Waals surface area contributed by atoms with Crippen molar-refractivity contribution in [1.29, 1.82) is 0 Å². The molecule has 0 radical (unpaired) electrons. The summed E-state index contributed by atoms with van der Waals surface area (Å²) in [6.07, 6.45) is 2.05. The molecule has 142 valence electrons. The second-order valence-electron chi connectivity index (χ2n) is 6.55. The van der Waals surface area contributed by atoms with E-state index in [4.69, 9.17) is 14.9 Å². The SMILES string of the molecule is Cc1ccc2oc(C(=O)OCC(=O)N3CCCC[C@H]3C(N)=O)cc(=O)c2c1. The number of ether oxygens (including phenoxy) is 1. The highest BCUT2D eigenvalue weighted by atomic mass is 16.5. The van der Waals surface area contributed by atoms with Crippen LogP contribution in [0, 0.1) is 6.92 Å². The summed E-state index contributed by atoms with van der Waals surface area (Å²) in [6.45, 7) is 1.67. The molecule has 0 unspecified atom stereocenters. The Labute approximate surface area is 154 Å². The van der Waals surface area contributed by atoms with Crippen molar-refractivity contribution in [2.24, 2.45) is 5.73 Å². The Morgan fingerprint density at radius 2 is 2.04 bits per heavy atom. The van der Waals surface area contributed by atoms with Crippen LogP contribution >= 0.6 is 0 Å². The number of carbonyl (C=O) groups excluding carboxylic acids is 3. The molecule has 0 aliphatic carbocycles. The van der Waals surface area contributed by atoms with E-state index in [0.29, 0.717) is 18.4 Å². The Balaban J connectivity index is 1.71. The van der Waals surface area contributed by atoms with Crippen molar-refractivity contribution in [2.45, 2.75) is 32.2 Å². The first-order valence-corrected chi connectivity index (χ1v) is 8.67. The van der Waals surface area contributed by atoms with Crippen molar-refractivity contribution < 1.29 is 23.5 Å². The molecular weight excluding hydrogens is 352 g/mol. The molecule has 0 saturated carbocycles. The lowest BCUT2D eigenvalue weighted by Gasteiger charge is -2.33. The van der Waals surface area contributed by atoms with Crippen molar-refractivity contribution in [3.63, 3.8) is 0 Å². The molecule has 0 bridgehead atoms. The predicted molar refractivity (Wildman–Crippen MR) is 96.0 cm³/mol. The van der Waals surface area contributed by atoms with E-state index in [2.05, 4.69) is 0 Å². The number of nitrogens with two attached hydrogens (primary N) is 1. The van der Waals surface area contributed by atoms with Gasteiger partial charge in [-0.25, -0.2) is 4.79 Å². The van der Waals surface area contributed by atoms with Gasteiger partial charge < -0.3 is 19.8 Å². The number of likely N-dealkylation sites (tertiary alicyclic amines) is 1. The van der Waals surface area contributed by atoms with Crippen LogP contribution in [0.15, 0.2) is 33.5 Å². The zero-order chi connectivity index (χ0) is 19.6. The standard InChI is InChI=1S/C19H20N2O6/c1-11-5-6-15-12(8-11)14(22)9-16(27-15)19(25)26-10-17(23)21-7-3-2-4-13(21)18(20)24/h5-6,8-9,13H,2-4,7,10H2,1H3,(H2,20,24)/t13-/m0/s1. The fraction of sp³-hybridized carbons (Fsp3) is 0.368. The lowest BCUT2D eigenvalue weighted by atomic mass is 10.0. The van der Waals surface area contributed by atoms with Crippen LogP contribution in [-0.4, -0.2) is 41.9 Å². The average Bonchev–Trinajstić information content (AvgIpc) is 2.66. The number of fused-ring (bicyclic) bond motifs is 1. The topological polar surface area (TPSA) is 120 Å². The van der Waals surface area contributed by atoms with Crippen LogP contribution in [0.3, 0.4) is 0 Å². The van der Waals surface area contributed by atoms with E-state index >= 15 is 0 Å². The zero-order valence-corrected chi connectivity index (χ0v) is 14.9. The summed E-state index contributed by atoms with van der Waals surface area (Å²) in [7, 11) is 0. The molecule has 2 amide bonds. The number of aryl methyl sites for hydroxylation is 1. The molecule has 2 aromatic rings. The summed E-state index contributed by atoms with van der Waals surface area (Å²) < 4.78 is 10.4. The molecule has 8 nitrogen and oxygen atoms in total. The van der Waals surface area contributed by atoms with Gasteiger partial charge in [0.15, 0.2) is 12.0 Å². The maximum absolute atomic E-state index is 12.3. The lowest BCUT2D eigenvalue weighted by molar-refractivity contribution is -0.143. The molecule has 1 aliphatic heterocycles. The van der Waals surface area contributed by atoms with Crippen LogP contribution in [0.5, 0.6) is 0 Å². The molecule has 2 heterocycles. The number of amides is 2. The highest BCUT2D eigenvalue weighted by Gasteiger charge is 2.31. The summed E-state index contributed by atoms with van der Waals surface area (Å²) in [5.41, 5.74) is 6.11. The van der Waals surface area contributed by atoms with Crippen LogP contribution in [0.4, 0.5) is 0 Å². The molecule has 1 aromatic heterocycles. The van der Waals surface area contributed by atoms with Gasteiger partial charge in [0.2, 0.25) is 11.7 Å². The van der Waals surface area contributed by atoms with Gasteiger partial charge in [0.25, 0.3) is 5.91 Å². The molecule has 27 heavy (non-hydrogen) atoms. The van der Waals surface area contributed by atoms with E-state index in [1.807, 2.05) is 6.92 Å². The van der Waals surface area contributed by atoms with Crippen molar-refractivity contribution in [3.05, 3.63) is 45.8 Å². The van der Waals surface area contributed by atoms with Crippen LogP contribution in [0.25, 0.3) is 11.0 Å². The summed E-state index contributed by atoms with van der Waals surface area (Å²) in [5, 5.41) is 0.361. The first kappa shape index (κ1) is 18.6. The van der Waals surface area contributed by atoms with Gasteiger partial charge in [-0.1, -0.05) is 11.6 Å². The van der Waals surface area contributed by atoms with Crippen LogP contribution in [0.2, 0.25) is 0 Å². The Morgan fingerprint density at radius 3 is 2.78 bits per heavy atom. The fourth-order valence-electron chi connectivity index (χ4n) is 3.18. The first-order valence-electron chi connectivity index (χ1n) is 8.67. The number of piperidine rings is 1. The third kappa shape index (κ3) is 3.99. The Bertz CT molecular complexity index is 964. The number of hydrogen-bond donors (Lipinski definition) is 1. The molecule has 1 atom stereocenters. The van der Waals surface area contributed by atoms with E-state index in [-0.39, 0.29) is 16.8 Å². The van der Waals surface area contributed by atoms with E-state index in [1.165, 1.54) is 4.90 Å². The van der Waals surface area contributed by atoms with Gasteiger partial charge in [-0.15, -0.1) is 0 Å². The number of nitrogens with zero attached hydrogens (tertiary/aromatic N) is 1. The number of benzene rings is 1. The molecule has 8 heteroatoms. The van der Waals surface area contributed by atoms with E-state index in [0.717, 1.165) is 24.5 Å². The zero-order valence-electron chi connectivity index (χ0n) is 14.9. The molecule has 2 N–H and O–H groups in total. The number of rotatable bonds is 4. The van der Waals surface area contributed by atoms with Gasteiger partial charge in [-0.3, -0.25) is 14.4 Å². The quantitative estimate of drug-likeness (QED) is 0.803.